The predicted molar refractivity (Wildman–Crippen MR) is 83.6 cm³/mol. The van der Waals surface area contributed by atoms with Gasteiger partial charge < -0.3 is 23.7 Å². The van der Waals surface area contributed by atoms with Gasteiger partial charge in [0.25, 0.3) is 0 Å². The molecule has 1 amide bonds. The van der Waals surface area contributed by atoms with Crippen molar-refractivity contribution in [1.82, 2.24) is 4.90 Å². The molecule has 6 heteroatoms. The Hall–Kier alpha value is -2.37. The first-order valence-corrected chi connectivity index (χ1v) is 7.45. The Morgan fingerprint density at radius 3 is 2.73 bits per heavy atom. The van der Waals surface area contributed by atoms with Gasteiger partial charge in [-0.3, -0.25) is 0 Å². The van der Waals surface area contributed by atoms with Gasteiger partial charge in [0.1, 0.15) is 6.26 Å². The van der Waals surface area contributed by atoms with Gasteiger partial charge >= 0.3 is 6.09 Å². The van der Waals surface area contributed by atoms with E-state index < -0.39 is 0 Å². The van der Waals surface area contributed by atoms with Crippen LogP contribution in [0.4, 0.5) is 10.5 Å². The number of amides is 1. The van der Waals surface area contributed by atoms with Crippen LogP contribution in [0.15, 0.2) is 28.9 Å². The molecule has 0 unspecified atom stereocenters. The lowest BCUT2D eigenvalue weighted by molar-refractivity contribution is 0.105. The number of carbonyl (C=O) groups is 1. The monoisotopic (exact) mass is 304 g/mol. The summed E-state index contributed by atoms with van der Waals surface area (Å²) in [5.41, 5.74) is 1.80. The first-order chi connectivity index (χ1) is 10.7. The van der Waals surface area contributed by atoms with Crippen LogP contribution in [-0.4, -0.2) is 50.9 Å². The number of hydrogen-bond acceptors (Lipinski definition) is 5. The molecular weight excluding hydrogens is 284 g/mol. The minimum absolute atomic E-state index is 0.235. The van der Waals surface area contributed by atoms with Crippen molar-refractivity contribution in [2.45, 2.75) is 6.92 Å². The third kappa shape index (κ3) is 2.56. The molecule has 0 aliphatic carbocycles. The van der Waals surface area contributed by atoms with Crippen LogP contribution in [0.1, 0.15) is 6.92 Å². The average molecular weight is 304 g/mol. The first-order valence-electron chi connectivity index (χ1n) is 7.45. The van der Waals surface area contributed by atoms with Crippen molar-refractivity contribution >= 4 is 22.7 Å². The highest BCUT2D eigenvalue weighted by molar-refractivity contribution is 5.94. The van der Waals surface area contributed by atoms with E-state index in [1.54, 1.807) is 18.3 Å². The number of rotatable bonds is 3. The Morgan fingerprint density at radius 1 is 1.27 bits per heavy atom. The summed E-state index contributed by atoms with van der Waals surface area (Å²) >= 11 is 0. The fourth-order valence-electron chi connectivity index (χ4n) is 2.77. The maximum Gasteiger partial charge on any atom is 0.409 e. The molecule has 6 nitrogen and oxygen atoms in total. The second-order valence-corrected chi connectivity index (χ2v) is 5.13. The van der Waals surface area contributed by atoms with E-state index in [0.29, 0.717) is 19.7 Å². The van der Waals surface area contributed by atoms with Gasteiger partial charge in [0.15, 0.2) is 11.3 Å². The molecule has 2 heterocycles. The molecule has 1 saturated heterocycles. The molecule has 22 heavy (non-hydrogen) atoms. The molecule has 1 aromatic carbocycles. The van der Waals surface area contributed by atoms with Crippen molar-refractivity contribution in [2.75, 3.05) is 44.8 Å². The average Bonchev–Trinajstić information content (AvgIpc) is 2.99. The number of fused-ring (bicyclic) bond motifs is 1. The summed E-state index contributed by atoms with van der Waals surface area (Å²) in [5, 5.41) is 1.03. The number of benzene rings is 1. The molecule has 0 radical (unpaired) electrons. The maximum absolute atomic E-state index is 11.7. The normalized spacial score (nSPS) is 15.2. The smallest absolute Gasteiger partial charge is 0.409 e. The van der Waals surface area contributed by atoms with E-state index in [-0.39, 0.29) is 6.09 Å². The first kappa shape index (κ1) is 14.6. The zero-order chi connectivity index (χ0) is 15.5. The lowest BCUT2D eigenvalue weighted by Crippen LogP contribution is -2.48. The quantitative estimate of drug-likeness (QED) is 0.872. The highest BCUT2D eigenvalue weighted by atomic mass is 16.6. The van der Waals surface area contributed by atoms with Crippen LogP contribution >= 0.6 is 0 Å². The van der Waals surface area contributed by atoms with Crippen molar-refractivity contribution in [2.24, 2.45) is 0 Å². The summed E-state index contributed by atoms with van der Waals surface area (Å²) in [6.07, 6.45) is 1.52. The number of methoxy groups -OCH3 is 1. The second-order valence-electron chi connectivity index (χ2n) is 5.13. The van der Waals surface area contributed by atoms with Gasteiger partial charge in [-0.15, -0.1) is 0 Å². The van der Waals surface area contributed by atoms with Crippen LogP contribution in [0.3, 0.4) is 0 Å². The van der Waals surface area contributed by atoms with E-state index in [9.17, 15) is 4.79 Å². The SMILES string of the molecule is CCOC(=O)N1CCN(c2coc3c(OC)cccc23)CC1. The van der Waals surface area contributed by atoms with Gasteiger partial charge in [0.2, 0.25) is 0 Å². The van der Waals surface area contributed by atoms with Crippen LogP contribution in [0.25, 0.3) is 11.0 Å². The molecule has 0 saturated carbocycles. The summed E-state index contributed by atoms with van der Waals surface area (Å²) in [7, 11) is 1.63. The molecule has 3 rings (SSSR count). The van der Waals surface area contributed by atoms with E-state index in [1.807, 2.05) is 25.1 Å². The van der Waals surface area contributed by atoms with Gasteiger partial charge in [-0.05, 0) is 19.1 Å². The molecule has 1 aliphatic heterocycles. The van der Waals surface area contributed by atoms with Gasteiger partial charge in [-0.2, -0.15) is 0 Å². The van der Waals surface area contributed by atoms with E-state index >= 15 is 0 Å². The molecular formula is C16H20N2O4. The zero-order valence-corrected chi connectivity index (χ0v) is 12.9. The van der Waals surface area contributed by atoms with E-state index in [0.717, 1.165) is 35.5 Å². The fourth-order valence-corrected chi connectivity index (χ4v) is 2.77. The topological polar surface area (TPSA) is 55.2 Å². The highest BCUT2D eigenvalue weighted by Crippen LogP contribution is 2.35. The third-order valence-electron chi connectivity index (χ3n) is 3.91. The van der Waals surface area contributed by atoms with Crippen LogP contribution in [0.2, 0.25) is 0 Å². The standard InChI is InChI=1S/C16H20N2O4/c1-3-21-16(19)18-9-7-17(8-10-18)13-11-22-15-12(13)5-4-6-14(15)20-2/h4-6,11H,3,7-10H2,1-2H3. The second kappa shape index (κ2) is 6.17. The number of carbonyl (C=O) groups excluding carboxylic acids is 1. The molecule has 1 aromatic heterocycles. The lowest BCUT2D eigenvalue weighted by Gasteiger charge is -2.34. The predicted octanol–water partition coefficient (Wildman–Crippen LogP) is 2.72. The number of furan rings is 1. The molecule has 1 aliphatic rings. The molecule has 0 atom stereocenters. The maximum atomic E-state index is 11.7. The van der Waals surface area contributed by atoms with Crippen molar-refractivity contribution in [1.29, 1.82) is 0 Å². The Balaban J connectivity index is 1.75. The van der Waals surface area contributed by atoms with E-state index in [4.69, 9.17) is 13.9 Å². The van der Waals surface area contributed by atoms with Crippen LogP contribution in [0, 0.1) is 0 Å². The number of anilines is 1. The van der Waals surface area contributed by atoms with Crippen molar-refractivity contribution in [3.05, 3.63) is 24.5 Å². The highest BCUT2D eigenvalue weighted by Gasteiger charge is 2.24. The minimum Gasteiger partial charge on any atom is -0.493 e. The van der Waals surface area contributed by atoms with Crippen molar-refractivity contribution < 1.29 is 18.7 Å². The van der Waals surface area contributed by atoms with Crippen molar-refractivity contribution in [3.8, 4) is 5.75 Å². The Morgan fingerprint density at radius 2 is 2.05 bits per heavy atom. The van der Waals surface area contributed by atoms with Gasteiger partial charge in [0, 0.05) is 31.6 Å². The minimum atomic E-state index is -0.235. The lowest BCUT2D eigenvalue weighted by atomic mass is 10.2. The van der Waals surface area contributed by atoms with Gasteiger partial charge in [-0.25, -0.2) is 4.79 Å². The van der Waals surface area contributed by atoms with E-state index in [2.05, 4.69) is 4.90 Å². The van der Waals surface area contributed by atoms with Gasteiger partial charge in [0.05, 0.1) is 19.4 Å². The summed E-state index contributed by atoms with van der Waals surface area (Å²) < 4.78 is 16.0. The Bertz CT molecular complexity index is 659. The fraction of sp³-hybridized carbons (Fsp3) is 0.438. The van der Waals surface area contributed by atoms with Crippen molar-refractivity contribution in [3.63, 3.8) is 0 Å². The van der Waals surface area contributed by atoms with Gasteiger partial charge in [-0.1, -0.05) is 6.07 Å². The molecule has 1 fully saturated rings. The molecule has 0 bridgehead atoms. The third-order valence-corrected chi connectivity index (χ3v) is 3.91. The molecule has 0 N–H and O–H groups in total. The Labute approximate surface area is 129 Å². The Kier molecular flexibility index (Phi) is 4.09. The summed E-state index contributed by atoms with van der Waals surface area (Å²) in [6.45, 7) is 5.03. The summed E-state index contributed by atoms with van der Waals surface area (Å²) in [6, 6.07) is 5.86. The number of ether oxygens (including phenoxy) is 2. The number of nitrogens with zero attached hydrogens (tertiary/aromatic N) is 2. The van der Waals surface area contributed by atoms with Crippen LogP contribution in [0.5, 0.6) is 5.75 Å². The zero-order valence-electron chi connectivity index (χ0n) is 12.9. The summed E-state index contributed by atoms with van der Waals surface area (Å²) in [5.74, 6) is 0.730. The van der Waals surface area contributed by atoms with Crippen LogP contribution < -0.4 is 9.64 Å². The molecule has 118 valence electrons. The number of piperazine rings is 1. The number of para-hydroxylation sites is 1. The van der Waals surface area contributed by atoms with Crippen LogP contribution in [-0.2, 0) is 4.74 Å². The summed E-state index contributed by atoms with van der Waals surface area (Å²) in [4.78, 5) is 15.7. The number of hydrogen-bond donors (Lipinski definition) is 0. The van der Waals surface area contributed by atoms with E-state index in [1.165, 1.54) is 0 Å². The molecule has 0 spiro atoms. The molecule has 2 aromatic rings. The largest absolute Gasteiger partial charge is 0.493 e.